The molecule has 5 aromatic rings. The zero-order valence-electron chi connectivity index (χ0n) is 36.8. The molecular weight excluding hydrogens is 909 g/mol. The van der Waals surface area contributed by atoms with Gasteiger partial charge in [-0.1, -0.05) is 109 Å². The van der Waals surface area contributed by atoms with E-state index in [0.717, 1.165) is 10.8 Å². The third-order valence-corrected chi connectivity index (χ3v) is 12.2. The Morgan fingerprint density at radius 1 is 0.881 bits per heavy atom. The molecule has 353 valence electrons. The lowest BCUT2D eigenvalue weighted by Gasteiger charge is -2.48. The van der Waals surface area contributed by atoms with Gasteiger partial charge in [-0.05, 0) is 71.2 Å². The van der Waals surface area contributed by atoms with Crippen LogP contribution in [-0.2, 0) is 29.1 Å². The Morgan fingerprint density at radius 3 is 2.12 bits per heavy atom. The molecule has 19 heteroatoms. The van der Waals surface area contributed by atoms with Crippen LogP contribution in [0.1, 0.15) is 47.9 Å². The van der Waals surface area contributed by atoms with E-state index in [4.69, 9.17) is 38.4 Å². The van der Waals surface area contributed by atoms with E-state index in [1.165, 1.54) is 53.1 Å². The Balaban J connectivity index is 1.47. The highest BCUT2D eigenvalue weighted by molar-refractivity contribution is 6.31. The molecule has 7 amide bonds. The molecule has 1 unspecified atom stereocenters. The number of amides is 7. The van der Waals surface area contributed by atoms with E-state index >= 15 is 0 Å². The van der Waals surface area contributed by atoms with Crippen LogP contribution in [0.2, 0.25) is 10.0 Å². The number of carbonyl (C=O) groups excluding carboxylic acids is 4. The second-order valence-corrected chi connectivity index (χ2v) is 16.5. The minimum atomic E-state index is -2.46. The smallest absolute Gasteiger partial charge is 0.408 e. The molecule has 6 N–H and O–H groups in total. The van der Waals surface area contributed by atoms with Crippen LogP contribution in [0, 0.1) is 18.6 Å². The summed E-state index contributed by atoms with van der Waals surface area (Å²) in [5, 5.41) is 19.4. The van der Waals surface area contributed by atoms with E-state index in [1.807, 2.05) is 24.3 Å². The number of nitrogens with one attached hydrogen (secondary N) is 3. The Bertz CT molecular complexity index is 2630. The minimum absolute atomic E-state index is 0.0379. The zero-order valence-corrected chi connectivity index (χ0v) is 38.3. The van der Waals surface area contributed by atoms with Crippen LogP contribution >= 0.6 is 23.2 Å². The monoisotopic (exact) mass is 959 g/mol. The molecular formula is C48H51Cl2F2N8O7. The third-order valence-electron chi connectivity index (χ3n) is 11.4. The largest absolute Gasteiger partial charge is 0.415 e. The normalized spacial score (nSPS) is 13.9. The first kappa shape index (κ1) is 49.9. The highest BCUT2D eigenvalue weighted by atomic mass is 35.5. The van der Waals surface area contributed by atoms with E-state index in [1.54, 1.807) is 54.7 Å². The number of ether oxygens (including phenoxy) is 2. The Hall–Kier alpha value is -6.53. The predicted molar refractivity (Wildman–Crippen MR) is 251 cm³/mol. The topological polar surface area (TPSA) is 192 Å². The quantitative estimate of drug-likeness (QED) is 0.0538. The van der Waals surface area contributed by atoms with Gasteiger partial charge < -0.3 is 40.7 Å². The molecule has 67 heavy (non-hydrogen) atoms. The van der Waals surface area contributed by atoms with E-state index in [2.05, 4.69) is 27.9 Å². The van der Waals surface area contributed by atoms with Gasteiger partial charge in [0.1, 0.15) is 23.5 Å². The molecule has 0 bridgehead atoms. The van der Waals surface area contributed by atoms with E-state index in [-0.39, 0.29) is 79.0 Å². The number of pyridine rings is 1. The molecule has 1 aliphatic rings. The van der Waals surface area contributed by atoms with E-state index in [9.17, 15) is 33.1 Å². The van der Waals surface area contributed by atoms with Gasteiger partial charge in [0.15, 0.2) is 0 Å². The summed E-state index contributed by atoms with van der Waals surface area (Å²) in [5.41, 5.74) is 7.93. The van der Waals surface area contributed by atoms with Crippen molar-refractivity contribution in [1.82, 2.24) is 30.3 Å². The number of fused-ring (bicyclic) bond motifs is 2. The maximum absolute atomic E-state index is 14.6. The average Bonchev–Trinajstić information content (AvgIpc) is 3.32. The summed E-state index contributed by atoms with van der Waals surface area (Å²) in [6.45, 7) is 2.88. The number of nitrogens with zero attached hydrogens (tertiary/aromatic N) is 4. The number of hydrogen-bond acceptors (Lipinski definition) is 8. The maximum atomic E-state index is 14.6. The number of aliphatic hydroxyl groups excluding tert-OH is 1. The van der Waals surface area contributed by atoms with Crippen LogP contribution in [0.15, 0.2) is 103 Å². The number of hydrogen-bond donors (Lipinski definition) is 5. The summed E-state index contributed by atoms with van der Waals surface area (Å²) in [7, 11) is 2.89. The van der Waals surface area contributed by atoms with Crippen LogP contribution in [0.5, 0.6) is 0 Å². The second-order valence-electron chi connectivity index (χ2n) is 15.7. The first-order valence-corrected chi connectivity index (χ1v) is 22.1. The number of aliphatic hydroxyl groups is 1. The lowest BCUT2D eigenvalue weighted by Crippen LogP contribution is -2.64. The SMILES string of the molecule is [CH2]CC[C@H](N(C)C(=O)NCc1cccc(F)c1Cl)C(OC[C@@H](CCCO)N(C)C(=O)NCc1cccc(F)c1Cl)(OC(=O)Nc1cc2ccccc2cn1)C1=Cc2ccccc2CN1C(N)=O. The number of urea groups is 3. The van der Waals surface area contributed by atoms with Crippen molar-refractivity contribution >= 4 is 70.1 Å². The van der Waals surface area contributed by atoms with Crippen molar-refractivity contribution in [3.63, 3.8) is 0 Å². The van der Waals surface area contributed by atoms with Gasteiger partial charge in [0, 0.05) is 45.4 Å². The standard InChI is InChI=1S/C48H51Cl2F2N8O7/c1-4-12-39(59(3)46(64)56-27-34-18-10-21-38(52)43(34)50)48(40-23-30-13-6-8-16-35(30)28-60(40)44(53)62,67-47(65)57-41-24-31-14-5-7-15-32(31)25-54-41)66-29-36(19-11-22-61)58(2)45(63)55-26-33-17-9-20-37(51)42(33)49/h5-10,13-18,20-21,23-25,36,39,61H,1,4,11-12,19,22,26-29H2,2-3H3,(H2,53,62)(H,55,63)(H,56,64)(H,54,57,65)/t36-,39+,48?/m1/s1. The Labute approximate surface area is 396 Å². The molecule has 1 radical (unpaired) electrons. The van der Waals surface area contributed by atoms with Crippen molar-refractivity contribution in [2.45, 2.75) is 63.2 Å². The van der Waals surface area contributed by atoms with Crippen molar-refractivity contribution in [3.05, 3.63) is 154 Å². The maximum Gasteiger partial charge on any atom is 0.415 e. The first-order chi connectivity index (χ1) is 32.2. The molecule has 0 spiro atoms. The lowest BCUT2D eigenvalue weighted by molar-refractivity contribution is -0.220. The molecule has 4 aromatic carbocycles. The van der Waals surface area contributed by atoms with Gasteiger partial charge in [-0.15, -0.1) is 0 Å². The van der Waals surface area contributed by atoms with Gasteiger partial charge in [-0.25, -0.2) is 32.9 Å². The predicted octanol–water partition coefficient (Wildman–Crippen LogP) is 8.82. The number of halogens is 4. The Morgan fingerprint density at radius 2 is 1.49 bits per heavy atom. The molecule has 0 aliphatic carbocycles. The molecule has 6 rings (SSSR count). The fourth-order valence-corrected chi connectivity index (χ4v) is 8.12. The molecule has 0 saturated carbocycles. The molecule has 1 aromatic heterocycles. The number of nitrogens with two attached hydrogens (primary N) is 1. The van der Waals surface area contributed by atoms with Gasteiger partial charge in [0.2, 0.25) is 0 Å². The van der Waals surface area contributed by atoms with Crippen LogP contribution < -0.4 is 21.7 Å². The first-order valence-electron chi connectivity index (χ1n) is 21.3. The zero-order chi connectivity index (χ0) is 48.3. The summed E-state index contributed by atoms with van der Waals surface area (Å²) in [6, 6.07) is 19.9. The number of anilines is 1. The van der Waals surface area contributed by atoms with Crippen LogP contribution in [0.25, 0.3) is 16.8 Å². The van der Waals surface area contributed by atoms with Crippen LogP contribution in [0.4, 0.5) is 33.8 Å². The summed E-state index contributed by atoms with van der Waals surface area (Å²) >= 11 is 12.4. The number of benzene rings is 4. The molecule has 15 nitrogen and oxygen atoms in total. The summed E-state index contributed by atoms with van der Waals surface area (Å²) in [4.78, 5) is 64.5. The van der Waals surface area contributed by atoms with Crippen molar-refractivity contribution in [1.29, 1.82) is 0 Å². The van der Waals surface area contributed by atoms with Crippen molar-refractivity contribution in [2.75, 3.05) is 32.6 Å². The summed E-state index contributed by atoms with van der Waals surface area (Å²) < 4.78 is 42.2. The second kappa shape index (κ2) is 22.8. The van der Waals surface area contributed by atoms with Crippen molar-refractivity contribution in [3.8, 4) is 0 Å². The van der Waals surface area contributed by atoms with Gasteiger partial charge in [0.05, 0.1) is 34.9 Å². The average molecular weight is 961 g/mol. The number of rotatable bonds is 18. The molecule has 0 fully saturated rings. The number of likely N-dealkylation sites (N-methyl/N-ethyl adjacent to an activating group) is 2. The molecule has 1 aliphatic heterocycles. The number of aromatic nitrogens is 1. The Kier molecular flexibility index (Phi) is 17.0. The molecule has 3 atom stereocenters. The van der Waals surface area contributed by atoms with Gasteiger partial charge in [0.25, 0.3) is 5.79 Å². The summed E-state index contributed by atoms with van der Waals surface area (Å²) in [6.07, 6.45) is 2.40. The van der Waals surface area contributed by atoms with E-state index in [0.29, 0.717) is 16.7 Å². The van der Waals surface area contributed by atoms with Gasteiger partial charge >= 0.3 is 24.2 Å². The van der Waals surface area contributed by atoms with Gasteiger partial charge in [-0.3, -0.25) is 10.2 Å². The lowest BCUT2D eigenvalue weighted by atomic mass is 9.91. The van der Waals surface area contributed by atoms with E-state index < -0.39 is 60.3 Å². The fraction of sp³-hybridized carbons (Fsp3) is 0.292. The van der Waals surface area contributed by atoms with Crippen LogP contribution in [-0.4, -0.2) is 94.2 Å². The highest BCUT2D eigenvalue weighted by Crippen LogP contribution is 2.41. The third kappa shape index (κ3) is 11.9. The van der Waals surface area contributed by atoms with Crippen molar-refractivity contribution in [2.24, 2.45) is 5.73 Å². The number of primary amides is 1. The number of carbonyl (C=O) groups is 4. The van der Waals surface area contributed by atoms with Crippen LogP contribution in [0.3, 0.4) is 0 Å². The van der Waals surface area contributed by atoms with Crippen molar-refractivity contribution < 1.29 is 42.5 Å². The molecule has 0 saturated heterocycles. The summed E-state index contributed by atoms with van der Waals surface area (Å²) in [5.74, 6) is -3.72. The minimum Gasteiger partial charge on any atom is -0.408 e. The van der Waals surface area contributed by atoms with Gasteiger partial charge in [-0.2, -0.15) is 0 Å². The highest BCUT2D eigenvalue weighted by Gasteiger charge is 2.54. The fourth-order valence-electron chi connectivity index (χ4n) is 7.73. The molecule has 2 heterocycles.